The van der Waals surface area contributed by atoms with Gasteiger partial charge in [-0.2, -0.15) is 5.10 Å². The van der Waals surface area contributed by atoms with E-state index in [1.165, 1.54) is 0 Å². The number of aromatic nitrogens is 1. The van der Waals surface area contributed by atoms with Gasteiger partial charge in [-0.05, 0) is 19.1 Å². The zero-order chi connectivity index (χ0) is 18.1. The summed E-state index contributed by atoms with van der Waals surface area (Å²) in [6, 6.07) is 9.34. The van der Waals surface area contributed by atoms with Crippen LogP contribution < -0.4 is 11.2 Å². The lowest BCUT2D eigenvalue weighted by Crippen LogP contribution is -2.21. The highest BCUT2D eigenvalue weighted by atomic mass is 35.5. The summed E-state index contributed by atoms with van der Waals surface area (Å²) in [5.41, 5.74) is 9.03. The van der Waals surface area contributed by atoms with Crippen LogP contribution in [0.3, 0.4) is 0 Å². The van der Waals surface area contributed by atoms with Gasteiger partial charge in [-0.25, -0.2) is 10.4 Å². The van der Waals surface area contributed by atoms with Crippen molar-refractivity contribution in [2.75, 3.05) is 5.73 Å². The molecule has 0 spiro atoms. The van der Waals surface area contributed by atoms with Crippen LogP contribution in [0.15, 0.2) is 39.9 Å². The zero-order valence-corrected chi connectivity index (χ0v) is 15.1. The molecule has 128 valence electrons. The minimum Gasteiger partial charge on any atom is -0.455 e. The van der Waals surface area contributed by atoms with E-state index in [0.29, 0.717) is 11.5 Å². The van der Waals surface area contributed by atoms with Gasteiger partial charge in [0.1, 0.15) is 16.3 Å². The lowest BCUT2D eigenvalue weighted by molar-refractivity contribution is 0.0950. The Bertz CT molecular complexity index is 981. The van der Waals surface area contributed by atoms with Crippen molar-refractivity contribution in [3.8, 4) is 0 Å². The van der Waals surface area contributed by atoms with Crippen LogP contribution in [0.2, 0.25) is 15.2 Å². The molecule has 2 aromatic heterocycles. The van der Waals surface area contributed by atoms with Crippen molar-refractivity contribution in [3.63, 3.8) is 0 Å². The standard InChI is InChI=1S/C16H11Cl3N4O2/c1-7(10-6-8-4-2-3-5-9(8)25-10)22-23-16(24)14-11(17)13(20)12(18)15(19)21-14/h2-6H,1H3,(H2,20,21)(H,23,24)/b22-7+. The van der Waals surface area contributed by atoms with E-state index >= 15 is 0 Å². The van der Waals surface area contributed by atoms with Gasteiger partial charge in [-0.1, -0.05) is 53.0 Å². The first-order chi connectivity index (χ1) is 11.9. The third-order valence-corrected chi connectivity index (χ3v) is 4.53. The Morgan fingerprint density at radius 3 is 2.68 bits per heavy atom. The van der Waals surface area contributed by atoms with E-state index in [0.717, 1.165) is 11.0 Å². The molecule has 0 aliphatic heterocycles. The lowest BCUT2D eigenvalue weighted by Gasteiger charge is -2.08. The molecule has 0 saturated carbocycles. The quantitative estimate of drug-likeness (QED) is 0.386. The number of fused-ring (bicyclic) bond motifs is 1. The molecule has 0 aliphatic rings. The summed E-state index contributed by atoms with van der Waals surface area (Å²) in [6.07, 6.45) is 0. The van der Waals surface area contributed by atoms with Crippen LogP contribution in [0.1, 0.15) is 23.2 Å². The summed E-state index contributed by atoms with van der Waals surface area (Å²) in [7, 11) is 0. The number of furan rings is 1. The second-order valence-electron chi connectivity index (χ2n) is 5.08. The minimum atomic E-state index is -0.675. The molecule has 0 fully saturated rings. The van der Waals surface area contributed by atoms with Crippen molar-refractivity contribution in [2.45, 2.75) is 6.92 Å². The van der Waals surface area contributed by atoms with Crippen LogP contribution in [-0.4, -0.2) is 16.6 Å². The number of benzene rings is 1. The number of nitrogens with two attached hydrogens (primary N) is 1. The van der Waals surface area contributed by atoms with E-state index in [-0.39, 0.29) is 26.6 Å². The van der Waals surface area contributed by atoms with Crippen molar-refractivity contribution >= 4 is 63.1 Å². The van der Waals surface area contributed by atoms with Crippen molar-refractivity contribution < 1.29 is 9.21 Å². The van der Waals surface area contributed by atoms with Gasteiger partial charge in [0.15, 0.2) is 16.6 Å². The topological polar surface area (TPSA) is 93.5 Å². The molecule has 0 bridgehead atoms. The van der Waals surface area contributed by atoms with E-state index in [1.54, 1.807) is 6.92 Å². The largest absolute Gasteiger partial charge is 0.455 e. The maximum atomic E-state index is 12.2. The lowest BCUT2D eigenvalue weighted by atomic mass is 10.2. The molecule has 0 unspecified atom stereocenters. The predicted molar refractivity (Wildman–Crippen MR) is 99.6 cm³/mol. The molecular weight excluding hydrogens is 387 g/mol. The number of halogens is 3. The summed E-state index contributed by atoms with van der Waals surface area (Å²) in [6.45, 7) is 1.69. The summed E-state index contributed by atoms with van der Waals surface area (Å²) in [5, 5.41) is 4.71. The van der Waals surface area contributed by atoms with E-state index in [1.807, 2.05) is 30.3 Å². The van der Waals surface area contributed by atoms with Gasteiger partial charge in [0.25, 0.3) is 5.91 Å². The fraction of sp³-hybridized carbons (Fsp3) is 0.0625. The molecule has 0 atom stereocenters. The van der Waals surface area contributed by atoms with Gasteiger partial charge in [-0.3, -0.25) is 4.79 Å². The number of para-hydroxylation sites is 1. The fourth-order valence-electron chi connectivity index (χ4n) is 2.08. The Morgan fingerprint density at radius 1 is 1.24 bits per heavy atom. The van der Waals surface area contributed by atoms with Crippen LogP contribution in [0.5, 0.6) is 0 Å². The highest BCUT2D eigenvalue weighted by Gasteiger charge is 2.19. The fourth-order valence-corrected chi connectivity index (χ4v) is 2.68. The Hall–Kier alpha value is -2.28. The van der Waals surface area contributed by atoms with Crippen molar-refractivity contribution in [3.05, 3.63) is 57.0 Å². The molecule has 0 radical (unpaired) electrons. The van der Waals surface area contributed by atoms with Gasteiger partial charge in [0.05, 0.1) is 10.7 Å². The first-order valence-electron chi connectivity index (χ1n) is 7.02. The number of carbonyl (C=O) groups is 1. The number of hydrogen-bond acceptors (Lipinski definition) is 5. The van der Waals surface area contributed by atoms with Crippen molar-refractivity contribution in [1.29, 1.82) is 0 Å². The maximum Gasteiger partial charge on any atom is 0.291 e. The van der Waals surface area contributed by atoms with Crippen molar-refractivity contribution in [2.24, 2.45) is 5.10 Å². The van der Waals surface area contributed by atoms with Gasteiger partial charge >= 0.3 is 0 Å². The van der Waals surface area contributed by atoms with E-state index in [4.69, 9.17) is 45.0 Å². The summed E-state index contributed by atoms with van der Waals surface area (Å²) in [5.74, 6) is -0.153. The summed E-state index contributed by atoms with van der Waals surface area (Å²) >= 11 is 17.6. The second kappa shape index (κ2) is 6.92. The molecule has 2 heterocycles. The first kappa shape index (κ1) is 17.5. The average Bonchev–Trinajstić information content (AvgIpc) is 3.05. The number of amides is 1. The van der Waals surface area contributed by atoms with Gasteiger partial charge in [0.2, 0.25) is 0 Å². The Labute approximate surface area is 157 Å². The Balaban J connectivity index is 1.85. The van der Waals surface area contributed by atoms with Crippen molar-refractivity contribution in [1.82, 2.24) is 10.4 Å². The number of nitrogen functional groups attached to an aromatic ring is 1. The zero-order valence-electron chi connectivity index (χ0n) is 12.8. The Morgan fingerprint density at radius 2 is 1.96 bits per heavy atom. The maximum absolute atomic E-state index is 12.2. The number of hydrazone groups is 1. The summed E-state index contributed by atoms with van der Waals surface area (Å²) in [4.78, 5) is 16.1. The number of anilines is 1. The molecule has 25 heavy (non-hydrogen) atoms. The monoisotopic (exact) mass is 396 g/mol. The first-order valence-corrected chi connectivity index (χ1v) is 8.15. The number of hydrogen-bond donors (Lipinski definition) is 2. The molecule has 3 N–H and O–H groups in total. The predicted octanol–water partition coefficient (Wildman–Crippen LogP) is 4.52. The molecule has 3 rings (SSSR count). The van der Waals surface area contributed by atoms with Crippen LogP contribution in [0.4, 0.5) is 5.69 Å². The smallest absolute Gasteiger partial charge is 0.291 e. The van der Waals surface area contributed by atoms with Gasteiger partial charge in [-0.15, -0.1) is 0 Å². The number of rotatable bonds is 3. The SMILES string of the molecule is C/C(=N\NC(=O)c1nc(Cl)c(Cl)c(N)c1Cl)c1cc2ccccc2o1. The second-order valence-corrected chi connectivity index (χ2v) is 6.19. The van der Waals surface area contributed by atoms with Gasteiger partial charge < -0.3 is 10.2 Å². The third kappa shape index (κ3) is 3.42. The van der Waals surface area contributed by atoms with Crippen LogP contribution in [0, 0.1) is 0 Å². The highest BCUT2D eigenvalue weighted by molar-refractivity contribution is 6.46. The molecule has 0 aliphatic carbocycles. The number of carbonyl (C=O) groups excluding carboxylic acids is 1. The minimum absolute atomic E-state index is 0.00910. The molecule has 1 amide bonds. The molecular formula is C16H11Cl3N4O2. The van der Waals surface area contributed by atoms with Crippen LogP contribution in [-0.2, 0) is 0 Å². The average molecular weight is 398 g/mol. The van der Waals surface area contributed by atoms with Crippen LogP contribution in [0.25, 0.3) is 11.0 Å². The number of pyridine rings is 1. The van der Waals surface area contributed by atoms with Gasteiger partial charge in [0, 0.05) is 5.39 Å². The van der Waals surface area contributed by atoms with E-state index in [2.05, 4.69) is 15.5 Å². The molecule has 1 aromatic carbocycles. The summed E-state index contributed by atoms with van der Waals surface area (Å²) < 4.78 is 5.66. The normalized spacial score (nSPS) is 11.8. The number of nitrogens with one attached hydrogen (secondary N) is 1. The van der Waals surface area contributed by atoms with E-state index in [9.17, 15) is 4.79 Å². The number of nitrogens with zero attached hydrogens (tertiary/aromatic N) is 2. The molecule has 9 heteroatoms. The molecule has 6 nitrogen and oxygen atoms in total. The molecule has 3 aromatic rings. The van der Waals surface area contributed by atoms with Crippen LogP contribution >= 0.6 is 34.8 Å². The van der Waals surface area contributed by atoms with E-state index < -0.39 is 5.91 Å². The Kier molecular flexibility index (Phi) is 4.85. The molecule has 0 saturated heterocycles. The highest BCUT2D eigenvalue weighted by Crippen LogP contribution is 2.34. The third-order valence-electron chi connectivity index (χ3n) is 3.39.